The fraction of sp³-hybridized carbons (Fsp3) is 0.294. The molecule has 1 fully saturated rings. The molecule has 1 atom stereocenters. The molecule has 25 heavy (non-hydrogen) atoms. The number of fused-ring (bicyclic) bond motifs is 1. The Bertz CT molecular complexity index is 899. The zero-order valence-corrected chi connectivity index (χ0v) is 14.6. The van der Waals surface area contributed by atoms with Crippen molar-refractivity contribution < 1.29 is 13.2 Å². The molecule has 3 heterocycles. The lowest BCUT2D eigenvalue weighted by molar-refractivity contribution is 0.332. The number of benzene rings is 1. The first-order valence-electron chi connectivity index (χ1n) is 8.07. The normalized spacial score (nSPS) is 18.4. The molecule has 1 saturated heterocycles. The van der Waals surface area contributed by atoms with Crippen molar-refractivity contribution in [2.75, 3.05) is 31.1 Å². The second kappa shape index (κ2) is 6.21. The summed E-state index contributed by atoms with van der Waals surface area (Å²) < 4.78 is 32.7. The predicted molar refractivity (Wildman–Crippen MR) is 93.9 cm³/mol. The van der Waals surface area contributed by atoms with Crippen LogP contribution in [-0.2, 0) is 14.6 Å². The first-order valence-corrected chi connectivity index (χ1v) is 9.51. The van der Waals surface area contributed by atoms with E-state index in [0.29, 0.717) is 48.3 Å². The fourth-order valence-electron chi connectivity index (χ4n) is 2.87. The third-order valence-electron chi connectivity index (χ3n) is 4.32. The van der Waals surface area contributed by atoms with E-state index in [1.54, 1.807) is 24.4 Å². The number of pyridine rings is 1. The van der Waals surface area contributed by atoms with E-state index in [4.69, 9.17) is 4.42 Å². The Labute approximate surface area is 146 Å². The van der Waals surface area contributed by atoms with Crippen LogP contribution in [0.2, 0.25) is 0 Å². The third-order valence-corrected chi connectivity index (χ3v) is 6.23. The average molecular weight is 358 g/mol. The molecule has 0 amide bonds. The summed E-state index contributed by atoms with van der Waals surface area (Å²) in [5, 5.41) is 0. The highest BCUT2D eigenvalue weighted by atomic mass is 32.3. The molecule has 7 nitrogen and oxygen atoms in total. The quantitative estimate of drug-likeness (QED) is 0.668. The largest absolute Gasteiger partial charge is 0.593 e. The molecule has 130 valence electrons. The Hall–Kier alpha value is -2.29. The molecule has 0 radical (unpaired) electrons. The summed E-state index contributed by atoms with van der Waals surface area (Å²) in [5.74, 6) is 0. The summed E-state index contributed by atoms with van der Waals surface area (Å²) in [6, 6.07) is 11.0. The van der Waals surface area contributed by atoms with Gasteiger partial charge in [0.05, 0.1) is 13.1 Å². The van der Waals surface area contributed by atoms with Gasteiger partial charge in [0.2, 0.25) is 5.65 Å². The van der Waals surface area contributed by atoms with Crippen molar-refractivity contribution in [1.82, 2.24) is 14.3 Å². The SMILES string of the molecule is Cc1ccc([S+](=O)([O-])N2CCN(c3nc4ncccc4o3)CC2)cc1. The van der Waals surface area contributed by atoms with E-state index >= 15 is 0 Å². The zero-order valence-electron chi connectivity index (χ0n) is 13.8. The molecule has 0 spiro atoms. The number of hydrogen-bond acceptors (Lipinski definition) is 6. The van der Waals surface area contributed by atoms with Crippen LogP contribution < -0.4 is 4.90 Å². The summed E-state index contributed by atoms with van der Waals surface area (Å²) in [6.45, 7) is 3.77. The van der Waals surface area contributed by atoms with Gasteiger partial charge in [-0.1, -0.05) is 21.9 Å². The number of hydrogen-bond donors (Lipinski definition) is 0. The maximum absolute atomic E-state index is 12.7. The van der Waals surface area contributed by atoms with Crippen LogP contribution in [0.5, 0.6) is 0 Å². The van der Waals surface area contributed by atoms with Gasteiger partial charge in [0, 0.05) is 19.3 Å². The van der Waals surface area contributed by atoms with Crippen molar-refractivity contribution in [2.45, 2.75) is 11.8 Å². The number of anilines is 1. The summed E-state index contributed by atoms with van der Waals surface area (Å²) in [4.78, 5) is 10.8. The second-order valence-electron chi connectivity index (χ2n) is 6.03. The first kappa shape index (κ1) is 16.2. The van der Waals surface area contributed by atoms with Gasteiger partial charge in [0.25, 0.3) is 6.01 Å². The minimum Gasteiger partial charge on any atom is -0.593 e. The maximum atomic E-state index is 12.7. The van der Waals surface area contributed by atoms with E-state index in [1.165, 1.54) is 4.31 Å². The molecule has 0 bridgehead atoms. The minimum absolute atomic E-state index is 0.331. The molecule has 1 aromatic carbocycles. The summed E-state index contributed by atoms with van der Waals surface area (Å²) in [7, 11) is -3.47. The Morgan fingerprint density at radius 1 is 1.12 bits per heavy atom. The van der Waals surface area contributed by atoms with Gasteiger partial charge in [-0.05, 0) is 31.2 Å². The molecule has 0 N–H and O–H groups in total. The van der Waals surface area contributed by atoms with Gasteiger partial charge in [-0.2, -0.15) is 4.98 Å². The molecule has 3 aromatic rings. The van der Waals surface area contributed by atoms with Crippen molar-refractivity contribution in [2.24, 2.45) is 0 Å². The van der Waals surface area contributed by atoms with E-state index in [0.717, 1.165) is 5.56 Å². The number of piperazine rings is 1. The highest BCUT2D eigenvalue weighted by Crippen LogP contribution is 2.26. The van der Waals surface area contributed by atoms with E-state index < -0.39 is 10.4 Å². The molecule has 2 aromatic heterocycles. The lowest BCUT2D eigenvalue weighted by atomic mass is 10.2. The number of sulfonamides is 1. The van der Waals surface area contributed by atoms with Gasteiger partial charge in [-0.3, -0.25) is 0 Å². The van der Waals surface area contributed by atoms with Crippen LogP contribution in [-0.4, -0.2) is 45.0 Å². The third kappa shape index (κ3) is 3.04. The van der Waals surface area contributed by atoms with Crippen LogP contribution in [0.15, 0.2) is 51.9 Å². The lowest BCUT2D eigenvalue weighted by Crippen LogP contribution is -2.50. The zero-order chi connectivity index (χ0) is 17.4. The molecule has 1 aliphatic rings. The summed E-state index contributed by atoms with van der Waals surface area (Å²) in [6.07, 6.45) is 1.67. The smallest absolute Gasteiger partial charge is 0.300 e. The van der Waals surface area contributed by atoms with Crippen LogP contribution in [0.1, 0.15) is 5.56 Å². The van der Waals surface area contributed by atoms with Gasteiger partial charge in [-0.15, -0.1) is 4.31 Å². The molecule has 4 rings (SSSR count). The predicted octanol–water partition coefficient (Wildman–Crippen LogP) is 2.26. The number of aryl methyl sites for hydroxylation is 1. The van der Waals surface area contributed by atoms with Crippen molar-refractivity contribution in [1.29, 1.82) is 0 Å². The summed E-state index contributed by atoms with van der Waals surface area (Å²) >= 11 is 0. The van der Waals surface area contributed by atoms with Gasteiger partial charge < -0.3 is 13.9 Å². The summed E-state index contributed by atoms with van der Waals surface area (Å²) in [5.41, 5.74) is 2.23. The molecule has 0 aliphatic carbocycles. The fourth-order valence-corrected chi connectivity index (χ4v) is 4.29. The minimum atomic E-state index is -3.47. The number of oxazole rings is 1. The van der Waals surface area contributed by atoms with Crippen molar-refractivity contribution in [3.05, 3.63) is 48.2 Å². The van der Waals surface area contributed by atoms with Crippen molar-refractivity contribution >= 4 is 27.6 Å². The van der Waals surface area contributed by atoms with Crippen LogP contribution in [0.4, 0.5) is 6.01 Å². The van der Waals surface area contributed by atoms with E-state index in [-0.39, 0.29) is 0 Å². The van der Waals surface area contributed by atoms with E-state index in [1.807, 2.05) is 30.0 Å². The topological polar surface area (TPSA) is 85.5 Å². The number of nitrogens with zero attached hydrogens (tertiary/aromatic N) is 4. The highest BCUT2D eigenvalue weighted by molar-refractivity contribution is 7.95. The maximum Gasteiger partial charge on any atom is 0.300 e. The van der Waals surface area contributed by atoms with Crippen LogP contribution >= 0.6 is 0 Å². The second-order valence-corrected chi connectivity index (χ2v) is 7.96. The molecular weight excluding hydrogens is 340 g/mol. The molecule has 8 heteroatoms. The van der Waals surface area contributed by atoms with Crippen molar-refractivity contribution in [3.8, 4) is 0 Å². The van der Waals surface area contributed by atoms with Crippen LogP contribution in [0.3, 0.4) is 0 Å². The molecule has 1 aliphatic heterocycles. The standard InChI is InChI=1S/C17H18N4O3S/c1-13-4-6-14(7-5-13)25(22,23)21-11-9-20(10-12-21)17-19-16-15(24-17)3-2-8-18-16/h2-8H,9-12H2,1H3. The highest BCUT2D eigenvalue weighted by Gasteiger charge is 2.34. The van der Waals surface area contributed by atoms with Crippen LogP contribution in [0, 0.1) is 6.92 Å². The van der Waals surface area contributed by atoms with Gasteiger partial charge in [0.15, 0.2) is 20.9 Å². The Balaban J connectivity index is 1.49. The first-order chi connectivity index (χ1) is 12.0. The van der Waals surface area contributed by atoms with Gasteiger partial charge in [0.1, 0.15) is 0 Å². The molecule has 0 saturated carbocycles. The van der Waals surface area contributed by atoms with Crippen LogP contribution in [0.25, 0.3) is 11.2 Å². The van der Waals surface area contributed by atoms with Crippen molar-refractivity contribution in [3.63, 3.8) is 0 Å². The molecular formula is C17H18N4O3S. The van der Waals surface area contributed by atoms with Gasteiger partial charge >= 0.3 is 0 Å². The molecule has 1 unspecified atom stereocenters. The number of aromatic nitrogens is 2. The monoisotopic (exact) mass is 358 g/mol. The van der Waals surface area contributed by atoms with E-state index in [9.17, 15) is 8.76 Å². The Morgan fingerprint density at radius 3 is 2.52 bits per heavy atom. The van der Waals surface area contributed by atoms with E-state index in [2.05, 4.69) is 9.97 Å². The Morgan fingerprint density at radius 2 is 1.84 bits per heavy atom. The lowest BCUT2D eigenvalue weighted by Gasteiger charge is -2.34. The van der Waals surface area contributed by atoms with Gasteiger partial charge in [-0.25, -0.2) is 4.98 Å². The Kier molecular flexibility index (Phi) is 4.03. The number of rotatable bonds is 3. The average Bonchev–Trinajstić information content (AvgIpc) is 3.06.